The number of nitrogens with one attached hydrogen (secondary N) is 1. The summed E-state index contributed by atoms with van der Waals surface area (Å²) in [5.74, 6) is 2.00. The van der Waals surface area contributed by atoms with Crippen LogP contribution in [0.5, 0.6) is 11.6 Å². The molecule has 0 atom stereocenters. The molecule has 1 N–H and O–H groups in total. The molecular weight excluding hydrogens is 374 g/mol. The minimum atomic E-state index is 0.568. The molecule has 0 aliphatic heterocycles. The van der Waals surface area contributed by atoms with Gasteiger partial charge in [0.1, 0.15) is 12.1 Å². The van der Waals surface area contributed by atoms with E-state index in [-0.39, 0.29) is 0 Å². The lowest BCUT2D eigenvalue weighted by molar-refractivity contribution is 0.189. The van der Waals surface area contributed by atoms with Gasteiger partial charge in [-0.15, -0.1) is 0 Å². The van der Waals surface area contributed by atoms with Crippen LogP contribution in [-0.2, 0) is 0 Å². The molecule has 1 saturated carbocycles. The van der Waals surface area contributed by atoms with E-state index in [1.165, 1.54) is 31.2 Å². The van der Waals surface area contributed by atoms with Gasteiger partial charge in [0.25, 0.3) is 0 Å². The topological polar surface area (TPSA) is 56.3 Å². The second kappa shape index (κ2) is 10.2. The van der Waals surface area contributed by atoms with Gasteiger partial charge in [0.05, 0.1) is 24.6 Å². The summed E-state index contributed by atoms with van der Waals surface area (Å²) in [6.07, 6.45) is 10.7. The Bertz CT molecular complexity index is 967. The molecule has 156 valence electrons. The highest BCUT2D eigenvalue weighted by Crippen LogP contribution is 2.28. The van der Waals surface area contributed by atoms with Crippen molar-refractivity contribution in [2.75, 3.05) is 20.3 Å². The van der Waals surface area contributed by atoms with E-state index >= 15 is 0 Å². The van der Waals surface area contributed by atoms with E-state index in [2.05, 4.69) is 51.7 Å². The number of fused-ring (bicyclic) bond motifs is 1. The maximum atomic E-state index is 6.10. The zero-order valence-electron chi connectivity index (χ0n) is 17.5. The van der Waals surface area contributed by atoms with E-state index in [4.69, 9.17) is 9.47 Å². The second-order valence-electron chi connectivity index (χ2n) is 7.81. The average Bonchev–Trinajstić information content (AvgIpc) is 2.81. The van der Waals surface area contributed by atoms with Gasteiger partial charge in [0.15, 0.2) is 0 Å². The van der Waals surface area contributed by atoms with Gasteiger partial charge in [0, 0.05) is 12.6 Å². The Morgan fingerprint density at radius 3 is 2.67 bits per heavy atom. The van der Waals surface area contributed by atoms with Crippen LogP contribution in [0.15, 0.2) is 60.9 Å². The average molecular weight is 404 g/mol. The van der Waals surface area contributed by atoms with Gasteiger partial charge in [-0.05, 0) is 55.4 Å². The van der Waals surface area contributed by atoms with Crippen molar-refractivity contribution in [2.24, 2.45) is 5.92 Å². The summed E-state index contributed by atoms with van der Waals surface area (Å²) in [7, 11) is 1.66. The van der Waals surface area contributed by atoms with Crippen molar-refractivity contribution >= 4 is 17.0 Å². The van der Waals surface area contributed by atoms with Gasteiger partial charge in [-0.1, -0.05) is 42.5 Å². The highest BCUT2D eigenvalue weighted by atomic mass is 16.5. The van der Waals surface area contributed by atoms with Crippen LogP contribution >= 0.6 is 0 Å². The molecule has 4 rings (SSSR count). The molecule has 0 bridgehead atoms. The Morgan fingerprint density at radius 1 is 1.03 bits per heavy atom. The molecule has 5 heteroatoms. The van der Waals surface area contributed by atoms with E-state index in [0.29, 0.717) is 24.4 Å². The number of aromatic nitrogens is 2. The third-order valence-corrected chi connectivity index (χ3v) is 5.74. The molecule has 0 unspecified atom stereocenters. The third kappa shape index (κ3) is 5.36. The van der Waals surface area contributed by atoms with Gasteiger partial charge >= 0.3 is 0 Å². The number of hydrogen-bond acceptors (Lipinski definition) is 5. The maximum absolute atomic E-state index is 6.10. The molecule has 2 aromatic carbocycles. The van der Waals surface area contributed by atoms with Crippen molar-refractivity contribution in [3.63, 3.8) is 0 Å². The Kier molecular flexibility index (Phi) is 6.93. The number of nitrogens with zero attached hydrogens (tertiary/aromatic N) is 2. The van der Waals surface area contributed by atoms with E-state index in [0.717, 1.165) is 23.2 Å². The van der Waals surface area contributed by atoms with Crippen LogP contribution in [0.2, 0.25) is 0 Å². The number of methoxy groups -OCH3 is 1. The van der Waals surface area contributed by atoms with Gasteiger partial charge in [-0.2, -0.15) is 0 Å². The standard InChI is InChI=1S/C25H29N3O2/c1-29-22-13-14-24-23(16-22)25(28-18-27-24)30-17-20-9-11-21(12-10-20)26-15-5-8-19-6-3-2-4-7-19/h2-8,13-14,16,18,20-21,26H,9-12,15,17H2,1H3. The van der Waals surface area contributed by atoms with E-state index in [1.54, 1.807) is 13.4 Å². The first kappa shape index (κ1) is 20.4. The lowest BCUT2D eigenvalue weighted by atomic mass is 9.86. The number of ether oxygens (including phenoxy) is 2. The Hall–Kier alpha value is -2.92. The van der Waals surface area contributed by atoms with Gasteiger partial charge < -0.3 is 14.8 Å². The van der Waals surface area contributed by atoms with Crippen LogP contribution in [0.4, 0.5) is 0 Å². The van der Waals surface area contributed by atoms with Crippen LogP contribution in [0.3, 0.4) is 0 Å². The Labute approximate surface area is 178 Å². The molecule has 30 heavy (non-hydrogen) atoms. The molecule has 1 heterocycles. The summed E-state index contributed by atoms with van der Waals surface area (Å²) in [5, 5.41) is 4.56. The summed E-state index contributed by atoms with van der Waals surface area (Å²) in [5.41, 5.74) is 2.12. The molecule has 1 aliphatic rings. The molecule has 0 saturated heterocycles. The highest BCUT2D eigenvalue weighted by Gasteiger charge is 2.21. The fourth-order valence-corrected chi connectivity index (χ4v) is 3.98. The number of rotatable bonds is 8. The van der Waals surface area contributed by atoms with Crippen LogP contribution in [0.1, 0.15) is 31.2 Å². The molecular formula is C25H29N3O2. The molecule has 0 amide bonds. The zero-order chi connectivity index (χ0) is 20.6. The van der Waals surface area contributed by atoms with Crippen molar-refractivity contribution in [3.05, 3.63) is 66.5 Å². The van der Waals surface area contributed by atoms with Gasteiger partial charge in [-0.25, -0.2) is 9.97 Å². The monoisotopic (exact) mass is 403 g/mol. The minimum Gasteiger partial charge on any atom is -0.497 e. The predicted octanol–water partition coefficient (Wildman–Crippen LogP) is 4.88. The molecule has 1 fully saturated rings. The minimum absolute atomic E-state index is 0.568. The van der Waals surface area contributed by atoms with Gasteiger partial charge in [0.2, 0.25) is 5.88 Å². The number of benzene rings is 2. The van der Waals surface area contributed by atoms with E-state index in [1.807, 2.05) is 24.3 Å². The first-order valence-electron chi connectivity index (χ1n) is 10.7. The third-order valence-electron chi connectivity index (χ3n) is 5.74. The lowest BCUT2D eigenvalue weighted by Crippen LogP contribution is -2.34. The zero-order valence-corrected chi connectivity index (χ0v) is 17.5. The van der Waals surface area contributed by atoms with Crippen molar-refractivity contribution in [1.82, 2.24) is 15.3 Å². The van der Waals surface area contributed by atoms with Crippen molar-refractivity contribution in [3.8, 4) is 11.6 Å². The summed E-state index contributed by atoms with van der Waals surface area (Å²) in [6, 6.07) is 16.8. The van der Waals surface area contributed by atoms with E-state index in [9.17, 15) is 0 Å². The Balaban J connectivity index is 1.23. The number of hydrogen-bond donors (Lipinski definition) is 1. The van der Waals surface area contributed by atoms with E-state index < -0.39 is 0 Å². The normalized spacial score (nSPS) is 19.2. The molecule has 3 aromatic rings. The predicted molar refractivity (Wildman–Crippen MR) is 121 cm³/mol. The smallest absolute Gasteiger partial charge is 0.224 e. The molecule has 0 spiro atoms. The first-order valence-corrected chi connectivity index (χ1v) is 10.7. The maximum Gasteiger partial charge on any atom is 0.224 e. The lowest BCUT2D eigenvalue weighted by Gasteiger charge is -2.28. The SMILES string of the molecule is COc1ccc2ncnc(OCC3CCC(NCC=Cc4ccccc4)CC3)c2c1. The van der Waals surface area contributed by atoms with Crippen LogP contribution in [0, 0.1) is 5.92 Å². The van der Waals surface area contributed by atoms with Crippen molar-refractivity contribution in [2.45, 2.75) is 31.7 Å². The second-order valence-corrected chi connectivity index (χ2v) is 7.81. The first-order chi connectivity index (χ1) is 14.8. The molecule has 1 aromatic heterocycles. The quantitative estimate of drug-likeness (QED) is 0.581. The summed E-state index contributed by atoms with van der Waals surface area (Å²) < 4.78 is 11.4. The molecule has 1 aliphatic carbocycles. The largest absolute Gasteiger partial charge is 0.497 e. The Morgan fingerprint density at radius 2 is 1.87 bits per heavy atom. The van der Waals surface area contributed by atoms with Crippen molar-refractivity contribution < 1.29 is 9.47 Å². The fourth-order valence-electron chi connectivity index (χ4n) is 3.98. The van der Waals surface area contributed by atoms with Crippen LogP contribution in [0.25, 0.3) is 17.0 Å². The molecule has 0 radical (unpaired) electrons. The summed E-state index contributed by atoms with van der Waals surface area (Å²) >= 11 is 0. The van der Waals surface area contributed by atoms with Crippen molar-refractivity contribution in [1.29, 1.82) is 0 Å². The summed E-state index contributed by atoms with van der Waals surface area (Å²) in [4.78, 5) is 8.66. The highest BCUT2D eigenvalue weighted by molar-refractivity contribution is 5.84. The summed E-state index contributed by atoms with van der Waals surface area (Å²) in [6.45, 7) is 1.61. The molecule has 5 nitrogen and oxygen atoms in total. The van der Waals surface area contributed by atoms with Crippen LogP contribution < -0.4 is 14.8 Å². The van der Waals surface area contributed by atoms with Crippen LogP contribution in [-0.4, -0.2) is 36.3 Å². The van der Waals surface area contributed by atoms with Gasteiger partial charge in [-0.3, -0.25) is 0 Å². The fraction of sp³-hybridized carbons (Fsp3) is 0.360.